The molecule has 0 bridgehead atoms. The van der Waals surface area contributed by atoms with E-state index >= 15 is 0 Å². The van der Waals surface area contributed by atoms with Crippen molar-refractivity contribution in [3.63, 3.8) is 0 Å². The second-order valence-electron chi connectivity index (χ2n) is 3.14. The zero-order valence-corrected chi connectivity index (χ0v) is 8.29. The topological polar surface area (TPSA) is 78.3 Å². The second kappa shape index (κ2) is 4.39. The minimum atomic E-state index is -0.476. The molecule has 1 aromatic carbocycles. The van der Waals surface area contributed by atoms with Crippen LogP contribution in [0.15, 0.2) is 46.3 Å². The van der Waals surface area contributed by atoms with Crippen LogP contribution in [0, 0.1) is 0 Å². The number of nitrogens with zero attached hydrogens (tertiary/aromatic N) is 2. The van der Waals surface area contributed by atoms with Crippen molar-refractivity contribution in [1.82, 2.24) is 9.97 Å². The molecular weight excluding hydrogens is 206 g/mol. The summed E-state index contributed by atoms with van der Waals surface area (Å²) in [6.45, 7) is 0. The first-order valence-corrected chi connectivity index (χ1v) is 4.64. The first-order valence-electron chi connectivity index (χ1n) is 4.64. The van der Waals surface area contributed by atoms with Crippen molar-refractivity contribution in [2.45, 2.75) is 0 Å². The van der Waals surface area contributed by atoms with Crippen LogP contribution in [-0.4, -0.2) is 21.4 Å². The van der Waals surface area contributed by atoms with Gasteiger partial charge in [0.05, 0.1) is 17.6 Å². The molecule has 5 nitrogen and oxygen atoms in total. The lowest BCUT2D eigenvalue weighted by Crippen LogP contribution is -2.13. The average Bonchev–Trinajstić information content (AvgIpc) is 2.30. The van der Waals surface area contributed by atoms with Crippen LogP contribution in [0.5, 0.6) is 0 Å². The highest BCUT2D eigenvalue weighted by atomic mass is 16.4. The predicted octanol–water partition coefficient (Wildman–Crippen LogP) is 1.24. The van der Waals surface area contributed by atoms with Gasteiger partial charge in [-0.1, -0.05) is 35.5 Å². The summed E-state index contributed by atoms with van der Waals surface area (Å²) in [6.07, 6.45) is 1.15. The van der Waals surface area contributed by atoms with Gasteiger partial charge in [0.25, 0.3) is 0 Å². The van der Waals surface area contributed by atoms with Gasteiger partial charge in [0, 0.05) is 5.56 Å². The standard InChI is InChI=1S/C11H9N3O2/c15-11-13-9(7-12-16)6-10(14-11)8-4-2-1-3-5-8/h1-7,16H,(H,13,14,15)/b12-7+. The van der Waals surface area contributed by atoms with E-state index in [1.165, 1.54) is 0 Å². The predicted molar refractivity (Wildman–Crippen MR) is 59.7 cm³/mol. The molecule has 0 spiro atoms. The molecule has 0 saturated heterocycles. The number of hydrogen-bond donors (Lipinski definition) is 2. The molecule has 1 heterocycles. The minimum Gasteiger partial charge on any atom is -0.411 e. The molecule has 80 valence electrons. The summed E-state index contributed by atoms with van der Waals surface area (Å²) in [5, 5.41) is 11.3. The normalized spacial score (nSPS) is 10.8. The highest BCUT2D eigenvalue weighted by Crippen LogP contribution is 2.14. The Morgan fingerprint density at radius 1 is 1.31 bits per heavy atom. The van der Waals surface area contributed by atoms with Crippen molar-refractivity contribution in [3.05, 3.63) is 52.6 Å². The van der Waals surface area contributed by atoms with Crippen LogP contribution in [-0.2, 0) is 0 Å². The summed E-state index contributed by atoms with van der Waals surface area (Å²) in [4.78, 5) is 17.5. The van der Waals surface area contributed by atoms with E-state index in [2.05, 4.69) is 15.1 Å². The van der Waals surface area contributed by atoms with Crippen LogP contribution in [0.3, 0.4) is 0 Å². The van der Waals surface area contributed by atoms with Crippen LogP contribution in [0.4, 0.5) is 0 Å². The van der Waals surface area contributed by atoms with Gasteiger partial charge in [-0.2, -0.15) is 4.98 Å². The molecule has 2 rings (SSSR count). The highest BCUT2D eigenvalue weighted by Gasteiger charge is 2.01. The van der Waals surface area contributed by atoms with E-state index in [0.717, 1.165) is 11.8 Å². The highest BCUT2D eigenvalue weighted by molar-refractivity contribution is 5.78. The maximum atomic E-state index is 11.2. The molecule has 5 heteroatoms. The molecule has 0 aliphatic heterocycles. The number of aromatic nitrogens is 2. The lowest BCUT2D eigenvalue weighted by atomic mass is 10.1. The Labute approximate surface area is 91.1 Å². The molecular formula is C11H9N3O2. The Morgan fingerprint density at radius 2 is 2.06 bits per heavy atom. The Kier molecular flexibility index (Phi) is 2.77. The van der Waals surface area contributed by atoms with E-state index in [1.54, 1.807) is 6.07 Å². The Morgan fingerprint density at radius 3 is 2.75 bits per heavy atom. The number of hydrogen-bond acceptors (Lipinski definition) is 4. The number of benzene rings is 1. The second-order valence-corrected chi connectivity index (χ2v) is 3.14. The van der Waals surface area contributed by atoms with Crippen LogP contribution >= 0.6 is 0 Å². The van der Waals surface area contributed by atoms with Gasteiger partial charge in [0.15, 0.2) is 0 Å². The minimum absolute atomic E-state index is 0.404. The van der Waals surface area contributed by atoms with E-state index < -0.39 is 5.69 Å². The van der Waals surface area contributed by atoms with Crippen molar-refractivity contribution in [2.24, 2.45) is 5.16 Å². The lowest BCUT2D eigenvalue weighted by Gasteiger charge is -2.00. The fraction of sp³-hybridized carbons (Fsp3) is 0. The quantitative estimate of drug-likeness (QED) is 0.449. The maximum absolute atomic E-state index is 11.2. The molecule has 16 heavy (non-hydrogen) atoms. The Balaban J connectivity index is 2.54. The van der Waals surface area contributed by atoms with Gasteiger partial charge in [-0.3, -0.25) is 0 Å². The van der Waals surface area contributed by atoms with Gasteiger partial charge >= 0.3 is 5.69 Å². The van der Waals surface area contributed by atoms with Gasteiger partial charge in [0.2, 0.25) is 0 Å². The molecule has 2 N–H and O–H groups in total. The van der Waals surface area contributed by atoms with Gasteiger partial charge in [-0.25, -0.2) is 4.79 Å². The molecule has 2 aromatic rings. The SMILES string of the molecule is O=c1nc(-c2ccccc2)cc(/C=N/O)[nH]1. The summed E-state index contributed by atoms with van der Waals surface area (Å²) < 4.78 is 0. The van der Waals surface area contributed by atoms with Gasteiger partial charge in [-0.15, -0.1) is 0 Å². The third-order valence-electron chi connectivity index (χ3n) is 2.03. The maximum Gasteiger partial charge on any atom is 0.345 e. The van der Waals surface area contributed by atoms with E-state index in [9.17, 15) is 4.79 Å². The number of H-pyrrole nitrogens is 1. The molecule has 0 aliphatic carbocycles. The third kappa shape index (κ3) is 2.14. The van der Waals surface area contributed by atoms with Crippen LogP contribution in [0.1, 0.15) is 5.69 Å². The van der Waals surface area contributed by atoms with Crippen LogP contribution in [0.2, 0.25) is 0 Å². The summed E-state index contributed by atoms with van der Waals surface area (Å²) in [7, 11) is 0. The molecule has 0 aliphatic rings. The summed E-state index contributed by atoms with van der Waals surface area (Å²) >= 11 is 0. The number of oxime groups is 1. The number of nitrogens with one attached hydrogen (secondary N) is 1. The first-order chi connectivity index (χ1) is 7.79. The van der Waals surface area contributed by atoms with Crippen molar-refractivity contribution < 1.29 is 5.21 Å². The molecule has 0 radical (unpaired) electrons. The van der Waals surface area contributed by atoms with Crippen LogP contribution < -0.4 is 5.69 Å². The largest absolute Gasteiger partial charge is 0.411 e. The Bertz CT molecular complexity index is 561. The molecule has 0 saturated carbocycles. The molecule has 1 aromatic heterocycles. The third-order valence-corrected chi connectivity index (χ3v) is 2.03. The lowest BCUT2D eigenvalue weighted by molar-refractivity contribution is 0.321. The Hall–Kier alpha value is -2.43. The average molecular weight is 215 g/mol. The summed E-state index contributed by atoms with van der Waals surface area (Å²) in [5.41, 5.74) is 1.30. The number of rotatable bonds is 2. The van der Waals surface area contributed by atoms with Crippen molar-refractivity contribution >= 4 is 6.21 Å². The molecule has 0 atom stereocenters. The zero-order valence-electron chi connectivity index (χ0n) is 8.29. The summed E-state index contributed by atoms with van der Waals surface area (Å²) in [5.74, 6) is 0. The van der Waals surface area contributed by atoms with Crippen molar-refractivity contribution in [2.75, 3.05) is 0 Å². The van der Waals surface area contributed by atoms with E-state index in [0.29, 0.717) is 11.4 Å². The first kappa shape index (κ1) is 10.1. The van der Waals surface area contributed by atoms with E-state index in [1.807, 2.05) is 30.3 Å². The van der Waals surface area contributed by atoms with Gasteiger partial charge < -0.3 is 10.2 Å². The molecule has 0 amide bonds. The van der Waals surface area contributed by atoms with E-state index in [4.69, 9.17) is 5.21 Å². The van der Waals surface area contributed by atoms with Crippen LogP contribution in [0.25, 0.3) is 11.3 Å². The molecule has 0 fully saturated rings. The summed E-state index contributed by atoms with van der Waals surface area (Å²) in [6, 6.07) is 10.9. The monoisotopic (exact) mass is 215 g/mol. The fourth-order valence-corrected chi connectivity index (χ4v) is 1.37. The van der Waals surface area contributed by atoms with Gasteiger partial charge in [0.1, 0.15) is 0 Å². The van der Waals surface area contributed by atoms with Gasteiger partial charge in [-0.05, 0) is 6.07 Å². The fourth-order valence-electron chi connectivity index (χ4n) is 1.37. The zero-order chi connectivity index (χ0) is 11.4. The molecule has 0 unspecified atom stereocenters. The smallest absolute Gasteiger partial charge is 0.345 e. The van der Waals surface area contributed by atoms with Crippen molar-refractivity contribution in [3.8, 4) is 11.3 Å². The van der Waals surface area contributed by atoms with E-state index in [-0.39, 0.29) is 0 Å². The number of aromatic amines is 1. The van der Waals surface area contributed by atoms with Crippen molar-refractivity contribution in [1.29, 1.82) is 0 Å².